The van der Waals surface area contributed by atoms with Crippen molar-refractivity contribution in [3.63, 3.8) is 0 Å². The molecule has 1 aliphatic carbocycles. The van der Waals surface area contributed by atoms with Crippen LogP contribution in [0.5, 0.6) is 0 Å². The van der Waals surface area contributed by atoms with Gasteiger partial charge < -0.3 is 10.2 Å². The Morgan fingerprint density at radius 1 is 0.857 bits per heavy atom. The number of hydrogen-bond donors (Lipinski definition) is 1. The number of anilines is 1. The van der Waals surface area contributed by atoms with Gasteiger partial charge in [0.05, 0.1) is 5.69 Å². The number of nitrogens with one attached hydrogen (secondary N) is 1. The molecule has 0 bridgehead atoms. The number of rotatable bonds is 12. The van der Waals surface area contributed by atoms with Crippen LogP contribution in [0.1, 0.15) is 43.2 Å². The largest absolute Gasteiger partial charge is 0.352 e. The van der Waals surface area contributed by atoms with Crippen LogP contribution in [0.15, 0.2) is 84.9 Å². The van der Waals surface area contributed by atoms with Gasteiger partial charge in [-0.25, -0.2) is 8.70 Å². The minimum Gasteiger partial charge on any atom is -0.352 e. The van der Waals surface area contributed by atoms with Gasteiger partial charge in [0.1, 0.15) is 18.4 Å². The van der Waals surface area contributed by atoms with Gasteiger partial charge in [-0.3, -0.25) is 9.59 Å². The number of hydrogen-bond acceptors (Lipinski definition) is 4. The molecule has 1 saturated carbocycles. The monoisotopic (exact) mass is 594 g/mol. The molecule has 3 aromatic carbocycles. The number of amides is 2. The zero-order valence-corrected chi connectivity index (χ0v) is 25.0. The molecular formula is C32H39FN4O4S. The van der Waals surface area contributed by atoms with Crippen LogP contribution in [0.4, 0.5) is 10.1 Å². The zero-order chi connectivity index (χ0) is 30.1. The van der Waals surface area contributed by atoms with Crippen LogP contribution in [-0.4, -0.2) is 62.2 Å². The summed E-state index contributed by atoms with van der Waals surface area (Å²) in [6, 6.07) is 22.9. The number of benzene rings is 3. The third kappa shape index (κ3) is 8.17. The molecule has 1 aliphatic rings. The molecule has 0 aliphatic heterocycles. The van der Waals surface area contributed by atoms with Gasteiger partial charge in [-0.05, 0) is 48.2 Å². The molecule has 4 rings (SSSR count). The number of carbonyl (C=O) groups is 2. The van der Waals surface area contributed by atoms with Gasteiger partial charge in [0.15, 0.2) is 0 Å². The Morgan fingerprint density at radius 3 is 2.00 bits per heavy atom. The highest BCUT2D eigenvalue weighted by atomic mass is 32.2. The van der Waals surface area contributed by atoms with Gasteiger partial charge in [0.25, 0.3) is 0 Å². The predicted octanol–water partition coefficient (Wildman–Crippen LogP) is 4.53. The summed E-state index contributed by atoms with van der Waals surface area (Å²) in [7, 11) is -1.40. The summed E-state index contributed by atoms with van der Waals surface area (Å²) in [6.07, 6.45) is 5.24. The van der Waals surface area contributed by atoms with Crippen molar-refractivity contribution in [2.45, 2.75) is 57.2 Å². The van der Waals surface area contributed by atoms with Crippen LogP contribution in [0.25, 0.3) is 0 Å². The lowest BCUT2D eigenvalue weighted by atomic mass is 9.94. The zero-order valence-electron chi connectivity index (χ0n) is 24.2. The topological polar surface area (TPSA) is 90.0 Å². The van der Waals surface area contributed by atoms with E-state index in [9.17, 15) is 22.4 Å². The minimum atomic E-state index is -4.14. The molecule has 2 amide bonds. The van der Waals surface area contributed by atoms with Crippen molar-refractivity contribution in [2.24, 2.45) is 0 Å². The molecule has 0 aromatic heterocycles. The van der Waals surface area contributed by atoms with E-state index in [1.807, 2.05) is 60.7 Å². The average molecular weight is 595 g/mol. The lowest BCUT2D eigenvalue weighted by Crippen LogP contribution is -2.55. The van der Waals surface area contributed by atoms with Gasteiger partial charge in [-0.15, -0.1) is 0 Å². The Balaban J connectivity index is 1.73. The first-order valence-electron chi connectivity index (χ1n) is 14.3. The van der Waals surface area contributed by atoms with Crippen molar-refractivity contribution in [1.82, 2.24) is 14.5 Å². The predicted molar refractivity (Wildman–Crippen MR) is 162 cm³/mol. The maximum Gasteiger partial charge on any atom is 0.304 e. The molecule has 0 unspecified atom stereocenters. The van der Waals surface area contributed by atoms with Crippen molar-refractivity contribution in [3.05, 3.63) is 102 Å². The Kier molecular flexibility index (Phi) is 10.7. The second-order valence-electron chi connectivity index (χ2n) is 10.8. The van der Waals surface area contributed by atoms with Crippen molar-refractivity contribution in [1.29, 1.82) is 0 Å². The minimum absolute atomic E-state index is 0.0306. The highest BCUT2D eigenvalue weighted by Crippen LogP contribution is 2.23. The second-order valence-corrected chi connectivity index (χ2v) is 12.9. The van der Waals surface area contributed by atoms with E-state index in [2.05, 4.69) is 5.32 Å². The van der Waals surface area contributed by atoms with E-state index in [-0.39, 0.29) is 30.6 Å². The van der Waals surface area contributed by atoms with Gasteiger partial charge in [0, 0.05) is 33.1 Å². The van der Waals surface area contributed by atoms with E-state index >= 15 is 0 Å². The van der Waals surface area contributed by atoms with Crippen LogP contribution in [-0.2, 0) is 32.8 Å². The summed E-state index contributed by atoms with van der Waals surface area (Å²) in [5.41, 5.74) is 1.83. The number of carbonyl (C=O) groups excluding carboxylic acids is 2. The van der Waals surface area contributed by atoms with Crippen molar-refractivity contribution < 1.29 is 22.4 Å². The third-order valence-corrected chi connectivity index (χ3v) is 9.37. The normalized spacial score (nSPS) is 14.8. The standard InChI is InChI=1S/C32H39FN4O4S/c1-35(2)42(40,41)37(29-20-18-27(33)19-21-29)24-31(38)36(23-26-14-8-4-9-15-26)30(22-25-12-6-3-7-13-25)32(39)34-28-16-10-5-11-17-28/h3-4,6-9,12-15,18-21,28,30H,5,10-11,16-17,22-24H2,1-2H3,(H,34,39)/t30-/m0/s1. The van der Waals surface area contributed by atoms with E-state index in [4.69, 9.17) is 0 Å². The van der Waals surface area contributed by atoms with Crippen LogP contribution >= 0.6 is 0 Å². The maximum absolute atomic E-state index is 14.2. The highest BCUT2D eigenvalue weighted by Gasteiger charge is 2.35. The molecule has 3 aromatic rings. The van der Waals surface area contributed by atoms with E-state index in [1.54, 1.807) is 0 Å². The SMILES string of the molecule is CN(C)S(=O)(=O)N(CC(=O)N(Cc1ccccc1)[C@@H](Cc1ccccc1)C(=O)NC1CCCCC1)c1ccc(F)cc1. The van der Waals surface area contributed by atoms with Gasteiger partial charge in [0.2, 0.25) is 11.8 Å². The molecule has 1 atom stereocenters. The molecule has 0 saturated heterocycles. The Bertz CT molecular complexity index is 1410. The summed E-state index contributed by atoms with van der Waals surface area (Å²) in [6.45, 7) is -0.463. The van der Waals surface area contributed by atoms with Crippen molar-refractivity contribution >= 4 is 27.7 Å². The quantitative estimate of drug-likeness (QED) is 0.334. The molecule has 224 valence electrons. The van der Waals surface area contributed by atoms with Crippen molar-refractivity contribution in [2.75, 3.05) is 24.9 Å². The summed E-state index contributed by atoms with van der Waals surface area (Å²) >= 11 is 0. The fraction of sp³-hybridized carbons (Fsp3) is 0.375. The van der Waals surface area contributed by atoms with Crippen LogP contribution < -0.4 is 9.62 Å². The van der Waals surface area contributed by atoms with Crippen LogP contribution in [0.3, 0.4) is 0 Å². The lowest BCUT2D eigenvalue weighted by Gasteiger charge is -2.35. The van der Waals surface area contributed by atoms with Gasteiger partial charge in [-0.2, -0.15) is 12.7 Å². The average Bonchev–Trinajstić information content (AvgIpc) is 2.99. The molecule has 1 N–H and O–H groups in total. The molecule has 10 heteroatoms. The second kappa shape index (κ2) is 14.4. The van der Waals surface area contributed by atoms with Crippen LogP contribution in [0.2, 0.25) is 0 Å². The van der Waals surface area contributed by atoms with Crippen LogP contribution in [0, 0.1) is 5.82 Å². The Hall–Kier alpha value is -3.76. The molecular weight excluding hydrogens is 555 g/mol. The molecule has 8 nitrogen and oxygen atoms in total. The summed E-state index contributed by atoms with van der Waals surface area (Å²) in [5.74, 6) is -1.34. The van der Waals surface area contributed by atoms with Gasteiger partial charge in [-0.1, -0.05) is 79.9 Å². The molecule has 0 radical (unpaired) electrons. The summed E-state index contributed by atoms with van der Waals surface area (Å²) in [5, 5.41) is 3.19. The van der Waals surface area contributed by atoms with E-state index in [0.717, 1.165) is 64.0 Å². The lowest BCUT2D eigenvalue weighted by molar-refractivity contribution is -0.140. The molecule has 1 fully saturated rings. The Morgan fingerprint density at radius 2 is 1.43 bits per heavy atom. The third-order valence-electron chi connectivity index (χ3n) is 7.55. The molecule has 0 spiro atoms. The fourth-order valence-corrected chi connectivity index (χ4v) is 6.26. The number of halogens is 1. The smallest absolute Gasteiger partial charge is 0.304 e. The molecule has 0 heterocycles. The first-order valence-corrected chi connectivity index (χ1v) is 15.7. The van der Waals surface area contributed by atoms with E-state index < -0.39 is 34.5 Å². The fourth-order valence-electron chi connectivity index (χ4n) is 5.20. The molecule has 42 heavy (non-hydrogen) atoms. The van der Waals surface area contributed by atoms with Gasteiger partial charge >= 0.3 is 10.2 Å². The van der Waals surface area contributed by atoms with Crippen molar-refractivity contribution in [3.8, 4) is 0 Å². The summed E-state index contributed by atoms with van der Waals surface area (Å²) < 4.78 is 42.5. The highest BCUT2D eigenvalue weighted by molar-refractivity contribution is 7.90. The number of nitrogens with zero attached hydrogens (tertiary/aromatic N) is 3. The van der Waals surface area contributed by atoms with E-state index in [1.165, 1.54) is 31.1 Å². The Labute approximate surface area is 248 Å². The maximum atomic E-state index is 14.2. The van der Waals surface area contributed by atoms with E-state index in [0.29, 0.717) is 0 Å². The first kappa shape index (κ1) is 31.2. The summed E-state index contributed by atoms with van der Waals surface area (Å²) in [4.78, 5) is 29.7. The first-order chi connectivity index (χ1) is 20.1.